The molecule has 0 radical (unpaired) electrons. The van der Waals surface area contributed by atoms with Crippen LogP contribution < -0.4 is 10.6 Å². The van der Waals surface area contributed by atoms with Crippen LogP contribution in [0.4, 0.5) is 0 Å². The monoisotopic (exact) mass is 490 g/mol. The van der Waals surface area contributed by atoms with Gasteiger partial charge in [0.25, 0.3) is 0 Å². The summed E-state index contributed by atoms with van der Waals surface area (Å²) in [6.07, 6.45) is 1.11. The van der Waals surface area contributed by atoms with E-state index in [-0.39, 0.29) is 36.7 Å². The van der Waals surface area contributed by atoms with Crippen molar-refractivity contribution >= 4 is 23.9 Å². The molecule has 0 aliphatic heterocycles. The van der Waals surface area contributed by atoms with Gasteiger partial charge in [0.15, 0.2) is 0 Å². The van der Waals surface area contributed by atoms with Gasteiger partial charge in [0.1, 0.15) is 0 Å². The Morgan fingerprint density at radius 1 is 0.471 bits per heavy atom. The number of nitrogens with zero attached hydrogens (tertiary/aromatic N) is 2. The van der Waals surface area contributed by atoms with Crippen molar-refractivity contribution in [1.29, 1.82) is 0 Å². The number of rotatable bonds is 21. The quantitative estimate of drug-likeness (QED) is 0.116. The van der Waals surface area contributed by atoms with Gasteiger partial charge in [0, 0.05) is 65.4 Å². The van der Waals surface area contributed by atoms with Crippen LogP contribution in [0.25, 0.3) is 0 Å². The summed E-state index contributed by atoms with van der Waals surface area (Å²) in [5.74, 6) is -1.11. The third kappa shape index (κ3) is 18.2. The molecule has 0 spiro atoms. The summed E-state index contributed by atoms with van der Waals surface area (Å²) in [6.45, 7) is 6.22. The maximum atomic E-state index is 11.5. The number of hydrogen-bond acceptors (Lipinski definition) is 12. The lowest BCUT2D eigenvalue weighted by Gasteiger charge is -2.24. The van der Waals surface area contributed by atoms with Gasteiger partial charge in [-0.1, -0.05) is 0 Å². The molecule has 12 heteroatoms. The van der Waals surface area contributed by atoms with Gasteiger partial charge in [-0.2, -0.15) is 0 Å². The van der Waals surface area contributed by atoms with Crippen molar-refractivity contribution in [3.63, 3.8) is 0 Å². The lowest BCUT2D eigenvalue weighted by atomic mass is 10.3. The molecule has 0 aliphatic carbocycles. The second kappa shape index (κ2) is 21.3. The van der Waals surface area contributed by atoms with Crippen LogP contribution in [0.3, 0.4) is 0 Å². The maximum absolute atomic E-state index is 11.5. The van der Waals surface area contributed by atoms with Gasteiger partial charge in [-0.05, 0) is 0 Å². The molecular formula is C22H42N4O8. The van der Waals surface area contributed by atoms with Gasteiger partial charge >= 0.3 is 23.9 Å². The first-order valence-electron chi connectivity index (χ1n) is 11.5. The van der Waals surface area contributed by atoms with E-state index in [1.54, 1.807) is 0 Å². The number of carbonyl (C=O) groups is 4. The molecule has 34 heavy (non-hydrogen) atoms. The third-order valence-corrected chi connectivity index (χ3v) is 5.13. The van der Waals surface area contributed by atoms with Gasteiger partial charge < -0.3 is 39.4 Å². The fourth-order valence-electron chi connectivity index (χ4n) is 2.98. The van der Waals surface area contributed by atoms with Crippen molar-refractivity contribution in [2.24, 2.45) is 0 Å². The predicted octanol–water partition coefficient (Wildman–Crippen LogP) is -0.978. The zero-order chi connectivity index (χ0) is 25.6. The molecule has 198 valence electrons. The first-order valence-corrected chi connectivity index (χ1v) is 11.5. The number of esters is 4. The Morgan fingerprint density at radius 3 is 1.12 bits per heavy atom. The fourth-order valence-corrected chi connectivity index (χ4v) is 2.98. The molecule has 12 nitrogen and oxygen atoms in total. The Balaban J connectivity index is 4.39. The zero-order valence-corrected chi connectivity index (χ0v) is 21.1. The molecule has 0 aromatic heterocycles. The van der Waals surface area contributed by atoms with E-state index < -0.39 is 0 Å². The standard InChI is InChI=1S/C22H42N4O8/c1-31-19(27)5-9-23-10-17-26(15-8-22(30)34-4)18-12-24-11-16-25(13-6-20(28)32-2)14-7-21(29)33-3/h23-24H,5-18H2,1-4H3. The van der Waals surface area contributed by atoms with Crippen LogP contribution in [0.5, 0.6) is 0 Å². The smallest absolute Gasteiger partial charge is 0.306 e. The highest BCUT2D eigenvalue weighted by Gasteiger charge is 2.12. The Kier molecular flexibility index (Phi) is 19.8. The third-order valence-electron chi connectivity index (χ3n) is 5.13. The van der Waals surface area contributed by atoms with E-state index in [0.29, 0.717) is 71.7 Å². The molecule has 0 aromatic carbocycles. The van der Waals surface area contributed by atoms with Crippen molar-refractivity contribution in [1.82, 2.24) is 20.4 Å². The molecule has 2 N–H and O–H groups in total. The Hall–Kier alpha value is -2.28. The van der Waals surface area contributed by atoms with Crippen LogP contribution in [-0.2, 0) is 38.1 Å². The van der Waals surface area contributed by atoms with Crippen LogP contribution in [-0.4, -0.2) is 128 Å². The van der Waals surface area contributed by atoms with Gasteiger partial charge in [0.2, 0.25) is 0 Å². The largest absolute Gasteiger partial charge is 0.469 e. The van der Waals surface area contributed by atoms with E-state index in [9.17, 15) is 19.2 Å². The summed E-state index contributed by atoms with van der Waals surface area (Å²) in [5.41, 5.74) is 0. The Morgan fingerprint density at radius 2 is 0.765 bits per heavy atom. The number of nitrogens with one attached hydrogen (secondary N) is 2. The summed E-state index contributed by atoms with van der Waals surface area (Å²) in [7, 11) is 5.43. The van der Waals surface area contributed by atoms with E-state index >= 15 is 0 Å². The molecule has 0 heterocycles. The SMILES string of the molecule is COC(=O)CCNCCN(CCNCCN(CCC(=O)OC)CCC(=O)OC)CCC(=O)OC. The van der Waals surface area contributed by atoms with Crippen LogP contribution in [0.1, 0.15) is 25.7 Å². The topological polar surface area (TPSA) is 136 Å². The highest BCUT2D eigenvalue weighted by atomic mass is 16.5. The molecule has 0 amide bonds. The first-order chi connectivity index (χ1) is 16.4. The van der Waals surface area contributed by atoms with Crippen molar-refractivity contribution in [3.05, 3.63) is 0 Å². The highest BCUT2D eigenvalue weighted by molar-refractivity contribution is 5.70. The van der Waals surface area contributed by atoms with Crippen LogP contribution in [0.2, 0.25) is 0 Å². The summed E-state index contributed by atoms with van der Waals surface area (Å²) < 4.78 is 18.7. The zero-order valence-electron chi connectivity index (χ0n) is 21.1. The second-order valence-electron chi connectivity index (χ2n) is 7.49. The second-order valence-corrected chi connectivity index (χ2v) is 7.49. The normalized spacial score (nSPS) is 10.9. The predicted molar refractivity (Wildman–Crippen MR) is 125 cm³/mol. The van der Waals surface area contributed by atoms with Gasteiger partial charge in [-0.15, -0.1) is 0 Å². The number of ether oxygens (including phenoxy) is 4. The molecule has 0 bridgehead atoms. The summed E-state index contributed by atoms with van der Waals surface area (Å²) in [5, 5.41) is 6.56. The number of carbonyl (C=O) groups excluding carboxylic acids is 4. The van der Waals surface area contributed by atoms with E-state index in [0.717, 1.165) is 6.54 Å². The molecule has 0 atom stereocenters. The Labute approximate surface area is 202 Å². The van der Waals surface area contributed by atoms with Gasteiger partial charge in [-0.3, -0.25) is 19.2 Å². The maximum Gasteiger partial charge on any atom is 0.306 e. The van der Waals surface area contributed by atoms with Gasteiger partial charge in [-0.25, -0.2) is 0 Å². The summed E-state index contributed by atoms with van der Waals surface area (Å²) >= 11 is 0. The van der Waals surface area contributed by atoms with Gasteiger partial charge in [0.05, 0.1) is 54.1 Å². The van der Waals surface area contributed by atoms with E-state index in [2.05, 4.69) is 20.3 Å². The molecule has 0 saturated heterocycles. The number of methoxy groups -OCH3 is 4. The molecule has 0 saturated carbocycles. The molecule has 0 fully saturated rings. The lowest BCUT2D eigenvalue weighted by molar-refractivity contribution is -0.142. The highest BCUT2D eigenvalue weighted by Crippen LogP contribution is 1.97. The fraction of sp³-hybridized carbons (Fsp3) is 0.818. The molecular weight excluding hydrogens is 448 g/mol. The number of hydrogen-bond donors (Lipinski definition) is 2. The lowest BCUT2D eigenvalue weighted by Crippen LogP contribution is -2.40. The minimum atomic E-state index is -0.294. The van der Waals surface area contributed by atoms with Crippen molar-refractivity contribution in [2.45, 2.75) is 25.7 Å². The minimum absolute atomic E-state index is 0.252. The average Bonchev–Trinajstić information content (AvgIpc) is 2.86. The van der Waals surface area contributed by atoms with E-state index in [4.69, 9.17) is 14.2 Å². The van der Waals surface area contributed by atoms with Crippen LogP contribution in [0.15, 0.2) is 0 Å². The summed E-state index contributed by atoms with van der Waals surface area (Å²) in [6, 6.07) is 0. The van der Waals surface area contributed by atoms with Crippen LogP contribution in [0, 0.1) is 0 Å². The molecule has 0 aliphatic rings. The van der Waals surface area contributed by atoms with E-state index in [1.807, 2.05) is 4.90 Å². The van der Waals surface area contributed by atoms with Crippen LogP contribution >= 0.6 is 0 Å². The minimum Gasteiger partial charge on any atom is -0.469 e. The van der Waals surface area contributed by atoms with Crippen molar-refractivity contribution < 1.29 is 38.1 Å². The average molecular weight is 491 g/mol. The summed E-state index contributed by atoms with van der Waals surface area (Å²) in [4.78, 5) is 49.7. The molecule has 0 unspecified atom stereocenters. The van der Waals surface area contributed by atoms with E-state index in [1.165, 1.54) is 28.4 Å². The molecule has 0 rings (SSSR count). The first kappa shape index (κ1) is 31.7. The van der Waals surface area contributed by atoms with Crippen molar-refractivity contribution in [2.75, 3.05) is 93.9 Å². The van der Waals surface area contributed by atoms with Crippen molar-refractivity contribution in [3.8, 4) is 0 Å². The Bertz CT molecular complexity index is 571. The molecule has 0 aromatic rings.